The fourth-order valence-corrected chi connectivity index (χ4v) is 4.04. The summed E-state index contributed by atoms with van der Waals surface area (Å²) in [6.07, 6.45) is 2.21. The SMILES string of the molecule is CCNC(=O)[C@H]1CC[C@@H](N(C)C(=O)c2ccc(-c3nc4cc(F)c(F)cc4o3)cc2)C1. The normalized spacial score (nSPS) is 18.3. The van der Waals surface area contributed by atoms with Crippen LogP contribution in [0.3, 0.4) is 0 Å². The summed E-state index contributed by atoms with van der Waals surface area (Å²) >= 11 is 0. The molecular formula is C23H23F2N3O3. The molecule has 1 aromatic heterocycles. The van der Waals surface area contributed by atoms with E-state index in [-0.39, 0.29) is 40.8 Å². The van der Waals surface area contributed by atoms with Crippen LogP contribution in [0, 0.1) is 17.6 Å². The van der Waals surface area contributed by atoms with E-state index in [0.29, 0.717) is 24.1 Å². The van der Waals surface area contributed by atoms with E-state index in [1.54, 1.807) is 36.2 Å². The fourth-order valence-electron chi connectivity index (χ4n) is 4.04. The van der Waals surface area contributed by atoms with E-state index in [1.165, 1.54) is 0 Å². The zero-order chi connectivity index (χ0) is 22.1. The molecule has 6 nitrogen and oxygen atoms in total. The van der Waals surface area contributed by atoms with E-state index < -0.39 is 11.6 Å². The second-order valence-corrected chi connectivity index (χ2v) is 7.80. The summed E-state index contributed by atoms with van der Waals surface area (Å²) in [6.45, 7) is 2.49. The van der Waals surface area contributed by atoms with Gasteiger partial charge in [0.2, 0.25) is 11.8 Å². The van der Waals surface area contributed by atoms with Gasteiger partial charge in [0.05, 0.1) is 0 Å². The molecule has 4 rings (SSSR count). The number of rotatable bonds is 5. The number of hydrogen-bond donors (Lipinski definition) is 1. The van der Waals surface area contributed by atoms with Gasteiger partial charge in [-0.05, 0) is 50.5 Å². The summed E-state index contributed by atoms with van der Waals surface area (Å²) in [5, 5.41) is 2.85. The topological polar surface area (TPSA) is 75.4 Å². The van der Waals surface area contributed by atoms with Gasteiger partial charge in [0, 0.05) is 48.8 Å². The molecule has 0 radical (unpaired) electrons. The molecule has 1 aliphatic carbocycles. The number of carbonyl (C=O) groups excluding carboxylic acids is 2. The third-order valence-corrected chi connectivity index (χ3v) is 5.80. The van der Waals surface area contributed by atoms with Crippen LogP contribution in [-0.4, -0.2) is 41.3 Å². The Bertz CT molecular complexity index is 1090. The molecule has 31 heavy (non-hydrogen) atoms. The molecule has 0 unspecified atom stereocenters. The molecule has 1 heterocycles. The van der Waals surface area contributed by atoms with Crippen molar-refractivity contribution >= 4 is 22.9 Å². The maximum Gasteiger partial charge on any atom is 0.253 e. The van der Waals surface area contributed by atoms with Gasteiger partial charge < -0.3 is 14.6 Å². The number of amides is 2. The van der Waals surface area contributed by atoms with Crippen molar-refractivity contribution < 1.29 is 22.8 Å². The lowest BCUT2D eigenvalue weighted by atomic mass is 10.1. The quantitative estimate of drug-likeness (QED) is 0.664. The van der Waals surface area contributed by atoms with Gasteiger partial charge in [-0.3, -0.25) is 9.59 Å². The van der Waals surface area contributed by atoms with Crippen LogP contribution in [0.2, 0.25) is 0 Å². The Kier molecular flexibility index (Phi) is 5.71. The number of nitrogens with zero attached hydrogens (tertiary/aromatic N) is 2. The average molecular weight is 427 g/mol. The molecule has 0 aliphatic heterocycles. The number of oxazole rings is 1. The lowest BCUT2D eigenvalue weighted by molar-refractivity contribution is -0.124. The first-order valence-corrected chi connectivity index (χ1v) is 10.3. The zero-order valence-electron chi connectivity index (χ0n) is 17.3. The Labute approximate surface area is 178 Å². The Morgan fingerprint density at radius 3 is 2.58 bits per heavy atom. The van der Waals surface area contributed by atoms with Gasteiger partial charge in [-0.2, -0.15) is 0 Å². The van der Waals surface area contributed by atoms with Crippen molar-refractivity contribution in [3.8, 4) is 11.5 Å². The third kappa shape index (κ3) is 4.15. The standard InChI is InChI=1S/C23H23F2N3O3/c1-3-26-21(29)15-8-9-16(10-15)28(2)23(30)14-6-4-13(5-7-14)22-27-19-11-17(24)18(25)12-20(19)31-22/h4-7,11-12,15-16H,3,8-10H2,1-2H3,(H,26,29)/t15-,16+/m0/s1. The highest BCUT2D eigenvalue weighted by molar-refractivity contribution is 5.95. The maximum atomic E-state index is 13.4. The summed E-state index contributed by atoms with van der Waals surface area (Å²) in [7, 11) is 1.75. The minimum absolute atomic E-state index is 0.0154. The first kappa shape index (κ1) is 21.0. The van der Waals surface area contributed by atoms with Crippen LogP contribution in [0.4, 0.5) is 8.78 Å². The molecule has 2 amide bonds. The number of benzene rings is 2. The summed E-state index contributed by atoms with van der Waals surface area (Å²) in [6, 6.07) is 8.67. The predicted octanol–water partition coefficient (Wildman–Crippen LogP) is 4.15. The van der Waals surface area contributed by atoms with Crippen molar-refractivity contribution in [2.45, 2.75) is 32.2 Å². The molecule has 0 bridgehead atoms. The van der Waals surface area contributed by atoms with Crippen molar-refractivity contribution in [2.24, 2.45) is 5.92 Å². The van der Waals surface area contributed by atoms with Gasteiger partial charge in [0.1, 0.15) is 5.52 Å². The Morgan fingerprint density at radius 2 is 1.87 bits per heavy atom. The van der Waals surface area contributed by atoms with Gasteiger partial charge in [0.25, 0.3) is 5.91 Å². The second kappa shape index (κ2) is 8.45. The maximum absolute atomic E-state index is 13.4. The first-order valence-electron chi connectivity index (χ1n) is 10.3. The molecule has 3 aromatic rings. The van der Waals surface area contributed by atoms with Crippen LogP contribution in [0.25, 0.3) is 22.6 Å². The molecule has 1 aliphatic rings. The monoisotopic (exact) mass is 427 g/mol. The summed E-state index contributed by atoms with van der Waals surface area (Å²) in [5.41, 5.74) is 1.46. The van der Waals surface area contributed by atoms with Crippen molar-refractivity contribution in [1.29, 1.82) is 0 Å². The third-order valence-electron chi connectivity index (χ3n) is 5.80. The number of halogens is 2. The van der Waals surface area contributed by atoms with Crippen molar-refractivity contribution in [2.75, 3.05) is 13.6 Å². The smallest absolute Gasteiger partial charge is 0.253 e. The molecule has 0 spiro atoms. The molecule has 2 aromatic carbocycles. The van der Waals surface area contributed by atoms with E-state index in [1.807, 2.05) is 6.92 Å². The highest BCUT2D eigenvalue weighted by Gasteiger charge is 2.33. The van der Waals surface area contributed by atoms with Gasteiger partial charge in [-0.15, -0.1) is 0 Å². The van der Waals surface area contributed by atoms with Crippen LogP contribution in [0.15, 0.2) is 40.8 Å². The molecular weight excluding hydrogens is 404 g/mol. The van der Waals surface area contributed by atoms with Crippen LogP contribution in [-0.2, 0) is 4.79 Å². The molecule has 0 saturated heterocycles. The van der Waals surface area contributed by atoms with Crippen LogP contribution >= 0.6 is 0 Å². The average Bonchev–Trinajstić information content (AvgIpc) is 3.41. The highest BCUT2D eigenvalue weighted by atomic mass is 19.2. The number of nitrogens with one attached hydrogen (secondary N) is 1. The molecule has 1 fully saturated rings. The van der Waals surface area contributed by atoms with E-state index in [2.05, 4.69) is 10.3 Å². The first-order chi connectivity index (χ1) is 14.9. The number of fused-ring (bicyclic) bond motifs is 1. The highest BCUT2D eigenvalue weighted by Crippen LogP contribution is 2.30. The van der Waals surface area contributed by atoms with Gasteiger partial charge in [-0.25, -0.2) is 13.8 Å². The zero-order valence-corrected chi connectivity index (χ0v) is 17.3. The summed E-state index contributed by atoms with van der Waals surface area (Å²) in [4.78, 5) is 30.8. The van der Waals surface area contributed by atoms with Crippen LogP contribution < -0.4 is 5.32 Å². The van der Waals surface area contributed by atoms with Crippen LogP contribution in [0.5, 0.6) is 0 Å². The van der Waals surface area contributed by atoms with E-state index >= 15 is 0 Å². The van der Waals surface area contributed by atoms with Gasteiger partial charge in [-0.1, -0.05) is 0 Å². The largest absolute Gasteiger partial charge is 0.436 e. The Hall–Kier alpha value is -3.29. The fraction of sp³-hybridized carbons (Fsp3) is 0.348. The Balaban J connectivity index is 1.46. The molecule has 1 N–H and O–H groups in total. The van der Waals surface area contributed by atoms with Crippen molar-refractivity contribution in [1.82, 2.24) is 15.2 Å². The van der Waals surface area contributed by atoms with E-state index in [0.717, 1.165) is 25.0 Å². The minimum Gasteiger partial charge on any atom is -0.436 e. The lowest BCUT2D eigenvalue weighted by Gasteiger charge is -2.25. The molecule has 8 heteroatoms. The van der Waals surface area contributed by atoms with Crippen LogP contribution in [0.1, 0.15) is 36.5 Å². The van der Waals surface area contributed by atoms with Crippen molar-refractivity contribution in [3.05, 3.63) is 53.6 Å². The summed E-state index contributed by atoms with van der Waals surface area (Å²) < 4.78 is 32.3. The molecule has 2 atom stereocenters. The van der Waals surface area contributed by atoms with E-state index in [9.17, 15) is 18.4 Å². The van der Waals surface area contributed by atoms with Gasteiger partial charge in [0.15, 0.2) is 17.2 Å². The number of carbonyl (C=O) groups is 2. The minimum atomic E-state index is -1.000. The Morgan fingerprint density at radius 1 is 1.16 bits per heavy atom. The number of aromatic nitrogens is 1. The van der Waals surface area contributed by atoms with E-state index in [4.69, 9.17) is 4.42 Å². The number of hydrogen-bond acceptors (Lipinski definition) is 4. The lowest BCUT2D eigenvalue weighted by Crippen LogP contribution is -2.36. The predicted molar refractivity (Wildman–Crippen MR) is 111 cm³/mol. The van der Waals surface area contributed by atoms with Gasteiger partial charge >= 0.3 is 0 Å². The molecule has 162 valence electrons. The molecule has 1 saturated carbocycles. The second-order valence-electron chi connectivity index (χ2n) is 7.80. The van der Waals surface area contributed by atoms with Crippen molar-refractivity contribution in [3.63, 3.8) is 0 Å². The summed E-state index contributed by atoms with van der Waals surface area (Å²) in [5.74, 6) is -1.91.